The molecule has 1 aromatic carbocycles. The van der Waals surface area contributed by atoms with Crippen molar-refractivity contribution in [3.8, 4) is 5.75 Å². The lowest BCUT2D eigenvalue weighted by atomic mass is 9.78. The Morgan fingerprint density at radius 1 is 1.29 bits per heavy atom. The number of methoxy groups -OCH3 is 1. The van der Waals surface area contributed by atoms with Crippen LogP contribution in [0.25, 0.3) is 0 Å². The summed E-state index contributed by atoms with van der Waals surface area (Å²) in [7, 11) is 1.56. The van der Waals surface area contributed by atoms with Gasteiger partial charge >= 0.3 is 0 Å². The van der Waals surface area contributed by atoms with Crippen LogP contribution in [0.3, 0.4) is 0 Å². The van der Waals surface area contributed by atoms with E-state index in [1.54, 1.807) is 31.4 Å². The quantitative estimate of drug-likeness (QED) is 0.611. The largest absolute Gasteiger partial charge is 0.497 e. The summed E-state index contributed by atoms with van der Waals surface area (Å²) in [6, 6.07) is 7.01. The van der Waals surface area contributed by atoms with Gasteiger partial charge in [-0.05, 0) is 19.1 Å². The first kappa shape index (κ1) is 12.6. The monoisotopic (exact) mass is 285 g/mol. The van der Waals surface area contributed by atoms with Crippen molar-refractivity contribution in [1.82, 2.24) is 0 Å². The second kappa shape index (κ2) is 3.95. The second-order valence-corrected chi connectivity index (χ2v) is 5.84. The smallest absolute Gasteiger partial charge is 0.241 e. The summed E-state index contributed by atoms with van der Waals surface area (Å²) in [4.78, 5) is 26.7. The lowest BCUT2D eigenvalue weighted by molar-refractivity contribution is -0.126. The van der Waals surface area contributed by atoms with E-state index < -0.39 is 17.4 Å². The fraction of sp³-hybridized carbons (Fsp3) is 0.375. The lowest BCUT2D eigenvalue weighted by Gasteiger charge is -2.24. The van der Waals surface area contributed by atoms with Gasteiger partial charge in [-0.1, -0.05) is 18.2 Å². The van der Waals surface area contributed by atoms with Crippen LogP contribution in [-0.2, 0) is 14.3 Å². The maximum atomic E-state index is 12.7. The predicted molar refractivity (Wildman–Crippen MR) is 74.9 cm³/mol. The first-order chi connectivity index (χ1) is 10.0. The van der Waals surface area contributed by atoms with Gasteiger partial charge < -0.3 is 9.47 Å². The normalized spacial score (nSPS) is 36.5. The SMILES string of the molecule is COc1cccc(N2C(=O)[C@H]3[C@H]4C=C[C@@](C)(O4)[C@H]3C2=O)c1. The fourth-order valence-corrected chi connectivity index (χ4v) is 3.66. The molecule has 0 spiro atoms. The molecule has 3 heterocycles. The number of carbonyl (C=O) groups is 2. The Bertz CT molecular complexity index is 683. The van der Waals surface area contributed by atoms with Crippen molar-refractivity contribution in [3.63, 3.8) is 0 Å². The highest BCUT2D eigenvalue weighted by Crippen LogP contribution is 2.52. The highest BCUT2D eigenvalue weighted by atomic mass is 16.5. The van der Waals surface area contributed by atoms with Crippen LogP contribution >= 0.6 is 0 Å². The van der Waals surface area contributed by atoms with Crippen molar-refractivity contribution in [1.29, 1.82) is 0 Å². The van der Waals surface area contributed by atoms with E-state index in [1.165, 1.54) is 4.90 Å². The van der Waals surface area contributed by atoms with Crippen LogP contribution in [-0.4, -0.2) is 30.6 Å². The zero-order chi connectivity index (χ0) is 14.8. The minimum atomic E-state index is -0.657. The zero-order valence-corrected chi connectivity index (χ0v) is 11.8. The number of hydrogen-bond acceptors (Lipinski definition) is 4. The van der Waals surface area contributed by atoms with Crippen LogP contribution in [0.2, 0.25) is 0 Å². The fourth-order valence-electron chi connectivity index (χ4n) is 3.66. The van der Waals surface area contributed by atoms with E-state index in [9.17, 15) is 9.59 Å². The Hall–Kier alpha value is -2.14. The Morgan fingerprint density at radius 3 is 2.81 bits per heavy atom. The number of ether oxygens (including phenoxy) is 2. The third kappa shape index (κ3) is 1.49. The van der Waals surface area contributed by atoms with Crippen LogP contribution in [0.4, 0.5) is 5.69 Å². The average molecular weight is 285 g/mol. The molecule has 0 aromatic heterocycles. The predicted octanol–water partition coefficient (Wildman–Crippen LogP) is 1.53. The standard InChI is InChI=1S/C16H15NO4/c1-16-7-6-11(21-16)12-13(16)15(19)17(14(12)18)9-4-3-5-10(8-9)20-2/h3-8,11-13H,1-2H3/t11-,12+,13-,16-/m1/s1. The lowest BCUT2D eigenvalue weighted by Crippen LogP contribution is -2.38. The maximum absolute atomic E-state index is 12.7. The van der Waals surface area contributed by atoms with E-state index in [0.29, 0.717) is 11.4 Å². The minimum Gasteiger partial charge on any atom is -0.497 e. The minimum absolute atomic E-state index is 0.184. The van der Waals surface area contributed by atoms with Gasteiger partial charge in [-0.3, -0.25) is 9.59 Å². The van der Waals surface area contributed by atoms with E-state index in [1.807, 2.05) is 19.1 Å². The van der Waals surface area contributed by atoms with Gasteiger partial charge in [0.05, 0.1) is 36.3 Å². The molecule has 2 fully saturated rings. The Morgan fingerprint density at radius 2 is 2.10 bits per heavy atom. The van der Waals surface area contributed by atoms with Crippen molar-refractivity contribution in [3.05, 3.63) is 36.4 Å². The zero-order valence-electron chi connectivity index (χ0n) is 11.8. The molecule has 0 unspecified atom stereocenters. The maximum Gasteiger partial charge on any atom is 0.241 e. The number of carbonyl (C=O) groups excluding carboxylic acids is 2. The van der Waals surface area contributed by atoms with Gasteiger partial charge in [-0.15, -0.1) is 0 Å². The summed E-state index contributed by atoms with van der Waals surface area (Å²) in [6.07, 6.45) is 3.51. The number of benzene rings is 1. The molecule has 21 heavy (non-hydrogen) atoms. The highest BCUT2D eigenvalue weighted by Gasteiger charge is 2.66. The molecule has 2 bridgehead atoms. The molecule has 3 aliphatic rings. The number of amides is 2. The molecule has 5 nitrogen and oxygen atoms in total. The van der Waals surface area contributed by atoms with Crippen LogP contribution in [0.15, 0.2) is 36.4 Å². The van der Waals surface area contributed by atoms with Crippen molar-refractivity contribution in [2.75, 3.05) is 12.0 Å². The Kier molecular flexibility index (Phi) is 2.37. The average Bonchev–Trinajstić information content (AvgIpc) is 3.08. The second-order valence-electron chi connectivity index (χ2n) is 5.84. The molecule has 4 rings (SSSR count). The van der Waals surface area contributed by atoms with Crippen LogP contribution < -0.4 is 9.64 Å². The van der Waals surface area contributed by atoms with E-state index in [2.05, 4.69) is 0 Å². The summed E-state index contributed by atoms with van der Waals surface area (Å²) >= 11 is 0. The molecule has 1 aromatic rings. The van der Waals surface area contributed by atoms with Gasteiger partial charge in [0.2, 0.25) is 11.8 Å². The van der Waals surface area contributed by atoms with E-state index in [0.717, 1.165) is 0 Å². The van der Waals surface area contributed by atoms with Crippen molar-refractivity contribution < 1.29 is 19.1 Å². The summed E-state index contributed by atoms with van der Waals surface area (Å²) < 4.78 is 11.0. The highest BCUT2D eigenvalue weighted by molar-refractivity contribution is 6.23. The van der Waals surface area contributed by atoms with E-state index >= 15 is 0 Å². The van der Waals surface area contributed by atoms with Gasteiger partial charge in [-0.2, -0.15) is 0 Å². The molecule has 2 saturated heterocycles. The van der Waals surface area contributed by atoms with Crippen molar-refractivity contribution >= 4 is 17.5 Å². The first-order valence-electron chi connectivity index (χ1n) is 6.94. The molecular weight excluding hydrogens is 270 g/mol. The van der Waals surface area contributed by atoms with E-state index in [-0.39, 0.29) is 17.9 Å². The molecular formula is C16H15NO4. The Labute approximate surface area is 122 Å². The van der Waals surface area contributed by atoms with Gasteiger partial charge in [-0.25, -0.2) is 4.90 Å². The van der Waals surface area contributed by atoms with Crippen LogP contribution in [0.1, 0.15) is 6.92 Å². The topological polar surface area (TPSA) is 55.8 Å². The molecule has 4 atom stereocenters. The van der Waals surface area contributed by atoms with Gasteiger partial charge in [0.15, 0.2) is 0 Å². The Balaban J connectivity index is 1.76. The number of anilines is 1. The number of nitrogens with zero attached hydrogens (tertiary/aromatic N) is 1. The van der Waals surface area contributed by atoms with Crippen molar-refractivity contribution in [2.24, 2.45) is 11.8 Å². The van der Waals surface area contributed by atoms with E-state index in [4.69, 9.17) is 9.47 Å². The summed E-state index contributed by atoms with van der Waals surface area (Å²) in [5.74, 6) is -0.581. The van der Waals surface area contributed by atoms with Crippen molar-refractivity contribution in [2.45, 2.75) is 18.6 Å². The molecule has 0 N–H and O–H groups in total. The summed E-state index contributed by atoms with van der Waals surface area (Å²) in [6.45, 7) is 1.87. The first-order valence-corrected chi connectivity index (χ1v) is 6.94. The number of hydrogen-bond donors (Lipinski definition) is 0. The summed E-state index contributed by atoms with van der Waals surface area (Å²) in [5, 5.41) is 0. The number of rotatable bonds is 2. The van der Waals surface area contributed by atoms with Gasteiger partial charge in [0.25, 0.3) is 0 Å². The molecule has 3 aliphatic heterocycles. The van der Waals surface area contributed by atoms with Gasteiger partial charge in [0, 0.05) is 6.07 Å². The number of fused-ring (bicyclic) bond motifs is 5. The molecule has 5 heteroatoms. The number of imide groups is 1. The molecule has 108 valence electrons. The molecule has 2 amide bonds. The summed E-state index contributed by atoms with van der Waals surface area (Å²) in [5.41, 5.74) is -0.0999. The molecule has 0 aliphatic carbocycles. The third-order valence-electron chi connectivity index (χ3n) is 4.64. The molecule has 0 saturated carbocycles. The molecule has 0 radical (unpaired) electrons. The van der Waals surface area contributed by atoms with Crippen LogP contribution in [0.5, 0.6) is 5.75 Å². The van der Waals surface area contributed by atoms with Crippen LogP contribution in [0, 0.1) is 11.8 Å². The van der Waals surface area contributed by atoms with Gasteiger partial charge in [0.1, 0.15) is 5.75 Å². The third-order valence-corrected chi connectivity index (χ3v) is 4.64.